The summed E-state index contributed by atoms with van der Waals surface area (Å²) in [5, 5.41) is 9.52. The Morgan fingerprint density at radius 3 is 2.89 bits per heavy atom. The van der Waals surface area contributed by atoms with Crippen molar-refractivity contribution >= 4 is 41.2 Å². The van der Waals surface area contributed by atoms with Crippen LogP contribution in [0, 0.1) is 5.41 Å². The average Bonchev–Trinajstić information content (AvgIpc) is 3.30. The number of rotatable bonds is 3. The number of carbonyl (C=O) groups is 2. The number of esters is 1. The minimum Gasteiger partial charge on any atom is -0.457 e. The first-order chi connectivity index (χ1) is 13.4. The van der Waals surface area contributed by atoms with Crippen molar-refractivity contribution in [2.24, 2.45) is 4.99 Å². The Hall–Kier alpha value is -3.65. The highest BCUT2D eigenvalue weighted by Gasteiger charge is 2.34. The summed E-state index contributed by atoms with van der Waals surface area (Å²) in [5.41, 5.74) is 0.571. The van der Waals surface area contributed by atoms with E-state index in [1.807, 2.05) is 0 Å². The minimum atomic E-state index is -0.682. The van der Waals surface area contributed by atoms with Crippen molar-refractivity contribution < 1.29 is 23.6 Å². The Morgan fingerprint density at radius 2 is 2.18 bits per heavy atom. The maximum atomic E-state index is 12.3. The molecule has 1 aromatic heterocycles. The monoisotopic (exact) mass is 397 g/mol. The van der Waals surface area contributed by atoms with E-state index in [1.165, 1.54) is 35.6 Å². The van der Waals surface area contributed by atoms with Crippen LogP contribution in [0.3, 0.4) is 0 Å². The highest BCUT2D eigenvalue weighted by Crippen LogP contribution is 2.29. The summed E-state index contributed by atoms with van der Waals surface area (Å²) >= 11 is 6.19. The molecule has 0 saturated carbocycles. The standard InChI is InChI=1S/C19H12ClN3O5/c1-10-7-16-22-18(24)12(17(21)23(16)28-10)8-11-4-5-14(13(20)9-11)27-19(25)15-3-2-6-26-15/h2-9,21H,1H3/b12-8+,21-17?. The maximum Gasteiger partial charge on any atom is 0.379 e. The molecule has 0 spiro atoms. The van der Waals surface area contributed by atoms with Gasteiger partial charge in [0.15, 0.2) is 11.7 Å². The van der Waals surface area contributed by atoms with Gasteiger partial charge in [0, 0.05) is 6.08 Å². The lowest BCUT2D eigenvalue weighted by molar-refractivity contribution is -0.114. The number of benzene rings is 1. The molecule has 0 unspecified atom stereocenters. The van der Waals surface area contributed by atoms with E-state index in [9.17, 15) is 9.59 Å². The van der Waals surface area contributed by atoms with Gasteiger partial charge in [-0.15, -0.1) is 5.06 Å². The van der Waals surface area contributed by atoms with E-state index in [-0.39, 0.29) is 33.8 Å². The fourth-order valence-electron chi connectivity index (χ4n) is 2.60. The molecule has 1 amide bonds. The van der Waals surface area contributed by atoms with Gasteiger partial charge in [0.05, 0.1) is 16.9 Å². The van der Waals surface area contributed by atoms with Crippen LogP contribution >= 0.6 is 11.6 Å². The molecule has 1 N–H and O–H groups in total. The molecule has 4 rings (SSSR count). The summed E-state index contributed by atoms with van der Waals surface area (Å²) in [5.74, 6) is -0.392. The van der Waals surface area contributed by atoms with Gasteiger partial charge in [0.25, 0.3) is 5.91 Å². The van der Waals surface area contributed by atoms with E-state index < -0.39 is 11.9 Å². The molecule has 0 aliphatic carbocycles. The van der Waals surface area contributed by atoms with Crippen LogP contribution in [-0.4, -0.2) is 28.6 Å². The molecule has 3 heterocycles. The molecule has 9 heteroatoms. The van der Waals surface area contributed by atoms with Crippen LogP contribution in [0.5, 0.6) is 5.75 Å². The highest BCUT2D eigenvalue weighted by atomic mass is 35.5. The maximum absolute atomic E-state index is 12.3. The number of furan rings is 1. The number of nitrogens with zero attached hydrogens (tertiary/aromatic N) is 2. The zero-order valence-corrected chi connectivity index (χ0v) is 15.2. The molecule has 2 aromatic rings. The molecule has 0 fully saturated rings. The third-order valence-corrected chi connectivity index (χ3v) is 4.17. The number of fused-ring (bicyclic) bond motifs is 1. The summed E-state index contributed by atoms with van der Waals surface area (Å²) in [7, 11) is 0. The van der Waals surface area contributed by atoms with Gasteiger partial charge in [-0.2, -0.15) is 4.99 Å². The largest absolute Gasteiger partial charge is 0.457 e. The highest BCUT2D eigenvalue weighted by molar-refractivity contribution is 6.33. The minimum absolute atomic E-state index is 0.0447. The zero-order valence-electron chi connectivity index (χ0n) is 14.4. The number of ether oxygens (including phenoxy) is 1. The average molecular weight is 398 g/mol. The van der Waals surface area contributed by atoms with Crippen molar-refractivity contribution in [3.05, 3.63) is 70.3 Å². The molecule has 8 nitrogen and oxygen atoms in total. The van der Waals surface area contributed by atoms with E-state index in [2.05, 4.69) is 4.99 Å². The predicted molar refractivity (Wildman–Crippen MR) is 99.9 cm³/mol. The second kappa shape index (κ2) is 6.82. The molecular formula is C19H12ClN3O5. The van der Waals surface area contributed by atoms with Crippen LogP contribution in [0.2, 0.25) is 5.02 Å². The van der Waals surface area contributed by atoms with Gasteiger partial charge in [-0.3, -0.25) is 10.2 Å². The smallest absolute Gasteiger partial charge is 0.379 e. The second-order valence-electron chi connectivity index (χ2n) is 5.88. The number of carbonyl (C=O) groups excluding carboxylic acids is 2. The number of amides is 1. The van der Waals surface area contributed by atoms with E-state index in [0.717, 1.165) is 0 Å². The van der Waals surface area contributed by atoms with Crippen molar-refractivity contribution in [2.75, 3.05) is 0 Å². The summed E-state index contributed by atoms with van der Waals surface area (Å²) < 4.78 is 10.2. The topological polar surface area (TPSA) is 105 Å². The van der Waals surface area contributed by atoms with Gasteiger partial charge in [-0.1, -0.05) is 17.7 Å². The van der Waals surface area contributed by atoms with Crippen LogP contribution in [0.1, 0.15) is 23.0 Å². The van der Waals surface area contributed by atoms with Crippen molar-refractivity contribution in [1.29, 1.82) is 5.41 Å². The fraction of sp³-hybridized carbons (Fsp3) is 0.0526. The van der Waals surface area contributed by atoms with E-state index >= 15 is 0 Å². The number of aliphatic imine (C=N–C) groups is 1. The van der Waals surface area contributed by atoms with Gasteiger partial charge in [-0.25, -0.2) is 4.79 Å². The molecule has 140 valence electrons. The van der Waals surface area contributed by atoms with Crippen molar-refractivity contribution in [3.63, 3.8) is 0 Å². The lowest BCUT2D eigenvalue weighted by Gasteiger charge is -2.23. The predicted octanol–water partition coefficient (Wildman–Crippen LogP) is 3.60. The van der Waals surface area contributed by atoms with Gasteiger partial charge < -0.3 is 14.0 Å². The molecule has 2 aliphatic heterocycles. The molecule has 2 aliphatic rings. The number of hydroxylamine groups is 2. The molecular weight excluding hydrogens is 386 g/mol. The van der Waals surface area contributed by atoms with Crippen LogP contribution in [0.4, 0.5) is 0 Å². The molecule has 28 heavy (non-hydrogen) atoms. The van der Waals surface area contributed by atoms with Gasteiger partial charge in [-0.05, 0) is 42.8 Å². The summed E-state index contributed by atoms with van der Waals surface area (Å²) in [6.07, 6.45) is 4.40. The fourth-order valence-corrected chi connectivity index (χ4v) is 2.83. The third-order valence-electron chi connectivity index (χ3n) is 3.87. The Labute approximate surface area is 163 Å². The first kappa shape index (κ1) is 17.7. The van der Waals surface area contributed by atoms with Crippen LogP contribution in [-0.2, 0) is 9.63 Å². The summed E-state index contributed by atoms with van der Waals surface area (Å²) in [6, 6.07) is 7.63. The lowest BCUT2D eigenvalue weighted by atomic mass is 10.1. The Bertz CT molecular complexity index is 1100. The van der Waals surface area contributed by atoms with Gasteiger partial charge in [0.1, 0.15) is 11.5 Å². The SMILES string of the molecule is CC1=CC2=NC(=O)/C(=C/c3ccc(OC(=O)c4ccco4)c(Cl)c3)C(=N)N2O1. The van der Waals surface area contributed by atoms with Crippen LogP contribution in [0.15, 0.2) is 63.4 Å². The Kier molecular flexibility index (Phi) is 4.32. The first-order valence-electron chi connectivity index (χ1n) is 8.07. The first-order valence-corrected chi connectivity index (χ1v) is 8.45. The van der Waals surface area contributed by atoms with E-state index in [4.69, 9.17) is 31.0 Å². The number of halogens is 1. The number of hydrogen-bond acceptors (Lipinski definition) is 6. The Balaban J connectivity index is 1.57. The van der Waals surface area contributed by atoms with Crippen LogP contribution in [0.25, 0.3) is 6.08 Å². The zero-order chi connectivity index (χ0) is 19.8. The molecule has 0 atom stereocenters. The summed E-state index contributed by atoms with van der Waals surface area (Å²) in [6.45, 7) is 1.70. The summed E-state index contributed by atoms with van der Waals surface area (Å²) in [4.78, 5) is 33.5. The van der Waals surface area contributed by atoms with Gasteiger partial charge >= 0.3 is 5.97 Å². The second-order valence-corrected chi connectivity index (χ2v) is 6.29. The number of nitrogens with one attached hydrogen (secondary N) is 1. The number of allylic oxidation sites excluding steroid dienone is 1. The van der Waals surface area contributed by atoms with E-state index in [1.54, 1.807) is 25.1 Å². The molecule has 0 radical (unpaired) electrons. The van der Waals surface area contributed by atoms with Crippen molar-refractivity contribution in [2.45, 2.75) is 6.92 Å². The quantitative estimate of drug-likeness (QED) is 0.482. The molecule has 0 bridgehead atoms. The third kappa shape index (κ3) is 3.21. The lowest BCUT2D eigenvalue weighted by Crippen LogP contribution is -2.38. The Morgan fingerprint density at radius 1 is 1.36 bits per heavy atom. The van der Waals surface area contributed by atoms with Crippen molar-refractivity contribution in [1.82, 2.24) is 5.06 Å². The normalized spacial score (nSPS) is 17.2. The van der Waals surface area contributed by atoms with Gasteiger partial charge in [0.2, 0.25) is 5.76 Å². The van der Waals surface area contributed by atoms with E-state index in [0.29, 0.717) is 11.3 Å². The molecule has 1 aromatic carbocycles. The molecule has 0 saturated heterocycles. The number of hydrogen-bond donors (Lipinski definition) is 1. The van der Waals surface area contributed by atoms with Crippen LogP contribution < -0.4 is 4.74 Å². The van der Waals surface area contributed by atoms with Crippen molar-refractivity contribution in [3.8, 4) is 5.75 Å². The number of amidine groups is 2.